The lowest BCUT2D eigenvalue weighted by Crippen LogP contribution is -2.37. The van der Waals surface area contributed by atoms with E-state index in [-0.39, 0.29) is 5.41 Å². The molecule has 0 amide bonds. The molecular formula is C18H28N2O2. The maximum absolute atomic E-state index is 11.4. The second-order valence-corrected chi connectivity index (χ2v) is 7.53. The molecule has 0 unspecified atom stereocenters. The van der Waals surface area contributed by atoms with Gasteiger partial charge in [0.25, 0.3) is 0 Å². The average Bonchev–Trinajstić information content (AvgIpc) is 2.45. The molecule has 0 saturated carbocycles. The van der Waals surface area contributed by atoms with E-state index in [4.69, 9.17) is 0 Å². The monoisotopic (exact) mass is 304 g/mol. The summed E-state index contributed by atoms with van der Waals surface area (Å²) in [4.78, 5) is 15.9. The molecule has 4 heteroatoms. The minimum atomic E-state index is -0.768. The molecule has 22 heavy (non-hydrogen) atoms. The van der Waals surface area contributed by atoms with Gasteiger partial charge in [-0.15, -0.1) is 0 Å². The van der Waals surface area contributed by atoms with Gasteiger partial charge in [-0.3, -0.25) is 9.78 Å². The lowest BCUT2D eigenvalue weighted by Gasteiger charge is -2.22. The first kappa shape index (κ1) is 16.9. The fraction of sp³-hybridized carbons (Fsp3) is 0.667. The SMILES string of the molecule is CC(C)(C)CC[C@H](NCc1cnc2c(c1)CCCC2)C(=O)O. The Morgan fingerprint density at radius 3 is 2.77 bits per heavy atom. The van der Waals surface area contributed by atoms with Gasteiger partial charge in [0.2, 0.25) is 0 Å². The predicted octanol–water partition coefficient (Wildman–Crippen LogP) is 3.33. The molecule has 1 aromatic heterocycles. The number of nitrogens with one attached hydrogen (secondary N) is 1. The van der Waals surface area contributed by atoms with Gasteiger partial charge in [0.1, 0.15) is 6.04 Å². The fourth-order valence-corrected chi connectivity index (χ4v) is 2.87. The first-order valence-electron chi connectivity index (χ1n) is 8.28. The molecule has 1 atom stereocenters. The van der Waals surface area contributed by atoms with E-state index in [2.05, 4.69) is 37.1 Å². The van der Waals surface area contributed by atoms with Crippen LogP contribution in [0.1, 0.15) is 63.3 Å². The summed E-state index contributed by atoms with van der Waals surface area (Å²) in [6.45, 7) is 6.99. The van der Waals surface area contributed by atoms with Crippen molar-refractivity contribution in [3.63, 3.8) is 0 Å². The molecule has 1 heterocycles. The number of aliphatic carboxylic acids is 1. The fourth-order valence-electron chi connectivity index (χ4n) is 2.87. The molecule has 0 saturated heterocycles. The van der Waals surface area contributed by atoms with Crippen LogP contribution in [0.3, 0.4) is 0 Å². The smallest absolute Gasteiger partial charge is 0.320 e. The van der Waals surface area contributed by atoms with E-state index >= 15 is 0 Å². The molecule has 122 valence electrons. The van der Waals surface area contributed by atoms with Crippen LogP contribution < -0.4 is 5.32 Å². The van der Waals surface area contributed by atoms with Crippen molar-refractivity contribution in [2.75, 3.05) is 0 Å². The van der Waals surface area contributed by atoms with Gasteiger partial charge in [-0.25, -0.2) is 0 Å². The second kappa shape index (κ2) is 7.23. The predicted molar refractivity (Wildman–Crippen MR) is 87.8 cm³/mol. The molecule has 0 spiro atoms. The number of rotatable bonds is 6. The number of fused-ring (bicyclic) bond motifs is 1. The zero-order valence-electron chi connectivity index (χ0n) is 14.0. The molecule has 0 radical (unpaired) electrons. The molecule has 0 bridgehead atoms. The van der Waals surface area contributed by atoms with Crippen LogP contribution in [0.15, 0.2) is 12.3 Å². The molecule has 1 aromatic rings. The Morgan fingerprint density at radius 2 is 2.09 bits per heavy atom. The first-order chi connectivity index (χ1) is 10.3. The standard InChI is InChI=1S/C18H28N2O2/c1-18(2,3)9-8-16(17(21)22)20-12-13-10-14-6-4-5-7-15(14)19-11-13/h10-11,16,20H,4-9,12H2,1-3H3,(H,21,22)/t16-/m0/s1. The highest BCUT2D eigenvalue weighted by Gasteiger charge is 2.20. The third-order valence-corrected chi connectivity index (χ3v) is 4.26. The van der Waals surface area contributed by atoms with Crippen LogP contribution in [0.5, 0.6) is 0 Å². The third kappa shape index (κ3) is 5.09. The number of carboxylic acids is 1. The number of hydrogen-bond acceptors (Lipinski definition) is 3. The summed E-state index contributed by atoms with van der Waals surface area (Å²) in [5.41, 5.74) is 3.80. The summed E-state index contributed by atoms with van der Waals surface area (Å²) in [7, 11) is 0. The summed E-state index contributed by atoms with van der Waals surface area (Å²) in [6.07, 6.45) is 8.06. The van der Waals surface area contributed by atoms with E-state index in [1.165, 1.54) is 24.1 Å². The van der Waals surface area contributed by atoms with Crippen molar-refractivity contribution >= 4 is 5.97 Å². The first-order valence-corrected chi connectivity index (χ1v) is 8.28. The summed E-state index contributed by atoms with van der Waals surface area (Å²) in [5.74, 6) is -0.768. The highest BCUT2D eigenvalue weighted by atomic mass is 16.4. The largest absolute Gasteiger partial charge is 0.480 e. The van der Waals surface area contributed by atoms with Crippen LogP contribution in [0, 0.1) is 5.41 Å². The van der Waals surface area contributed by atoms with E-state index in [9.17, 15) is 9.90 Å². The maximum atomic E-state index is 11.4. The molecule has 1 aliphatic carbocycles. The highest BCUT2D eigenvalue weighted by molar-refractivity contribution is 5.73. The van der Waals surface area contributed by atoms with Crippen LogP contribution in [0.2, 0.25) is 0 Å². The van der Waals surface area contributed by atoms with Gasteiger partial charge in [0.15, 0.2) is 0 Å². The Bertz CT molecular complexity index is 520. The Balaban J connectivity index is 1.93. The van der Waals surface area contributed by atoms with Gasteiger partial charge >= 0.3 is 5.97 Å². The Morgan fingerprint density at radius 1 is 1.36 bits per heavy atom. The molecular weight excluding hydrogens is 276 g/mol. The number of hydrogen-bond donors (Lipinski definition) is 2. The topological polar surface area (TPSA) is 62.2 Å². The quantitative estimate of drug-likeness (QED) is 0.846. The zero-order chi connectivity index (χ0) is 16.2. The van der Waals surface area contributed by atoms with Gasteiger partial charge in [-0.1, -0.05) is 26.8 Å². The molecule has 2 rings (SSSR count). The highest BCUT2D eigenvalue weighted by Crippen LogP contribution is 2.22. The zero-order valence-corrected chi connectivity index (χ0v) is 14.0. The van der Waals surface area contributed by atoms with E-state index in [1.807, 2.05) is 6.20 Å². The van der Waals surface area contributed by atoms with Crippen molar-refractivity contribution in [1.29, 1.82) is 0 Å². The van der Waals surface area contributed by atoms with Crippen LogP contribution in [-0.4, -0.2) is 22.1 Å². The number of nitrogens with zero attached hydrogens (tertiary/aromatic N) is 1. The van der Waals surface area contributed by atoms with E-state index in [0.29, 0.717) is 13.0 Å². The van der Waals surface area contributed by atoms with Gasteiger partial charge in [0, 0.05) is 18.4 Å². The van der Waals surface area contributed by atoms with Crippen molar-refractivity contribution in [1.82, 2.24) is 10.3 Å². The number of pyridine rings is 1. The molecule has 4 nitrogen and oxygen atoms in total. The van der Waals surface area contributed by atoms with Crippen LogP contribution in [0.25, 0.3) is 0 Å². The van der Waals surface area contributed by atoms with Gasteiger partial charge in [0.05, 0.1) is 0 Å². The van der Waals surface area contributed by atoms with E-state index in [1.54, 1.807) is 0 Å². The van der Waals surface area contributed by atoms with Crippen LogP contribution in [-0.2, 0) is 24.2 Å². The van der Waals surface area contributed by atoms with Gasteiger partial charge in [-0.05, 0) is 55.1 Å². The van der Waals surface area contributed by atoms with Crippen LogP contribution >= 0.6 is 0 Å². The summed E-state index contributed by atoms with van der Waals surface area (Å²) < 4.78 is 0. The van der Waals surface area contributed by atoms with Crippen molar-refractivity contribution in [2.24, 2.45) is 5.41 Å². The average molecular weight is 304 g/mol. The summed E-state index contributed by atoms with van der Waals surface area (Å²) in [6, 6.07) is 1.70. The van der Waals surface area contributed by atoms with Crippen LogP contribution in [0.4, 0.5) is 0 Å². The minimum absolute atomic E-state index is 0.156. The number of carbonyl (C=O) groups is 1. The minimum Gasteiger partial charge on any atom is -0.480 e. The number of carboxylic acid groups (broad SMARTS) is 1. The van der Waals surface area contributed by atoms with Crippen molar-refractivity contribution in [2.45, 2.75) is 71.9 Å². The Hall–Kier alpha value is -1.42. The summed E-state index contributed by atoms with van der Waals surface area (Å²) in [5, 5.41) is 12.5. The Labute approximate surface area is 133 Å². The summed E-state index contributed by atoms with van der Waals surface area (Å²) >= 11 is 0. The van der Waals surface area contributed by atoms with Gasteiger partial charge < -0.3 is 10.4 Å². The lowest BCUT2D eigenvalue weighted by molar-refractivity contribution is -0.139. The molecule has 2 N–H and O–H groups in total. The van der Waals surface area contributed by atoms with Crippen molar-refractivity contribution in [3.05, 3.63) is 29.1 Å². The van der Waals surface area contributed by atoms with Crippen molar-refractivity contribution < 1.29 is 9.90 Å². The second-order valence-electron chi connectivity index (χ2n) is 7.53. The third-order valence-electron chi connectivity index (χ3n) is 4.26. The van der Waals surface area contributed by atoms with Gasteiger partial charge in [-0.2, -0.15) is 0 Å². The number of aryl methyl sites for hydroxylation is 2. The molecule has 0 aromatic carbocycles. The normalized spacial score (nSPS) is 16.1. The van der Waals surface area contributed by atoms with E-state index in [0.717, 1.165) is 24.8 Å². The van der Waals surface area contributed by atoms with E-state index < -0.39 is 12.0 Å². The number of aromatic nitrogens is 1. The molecule has 1 aliphatic rings. The van der Waals surface area contributed by atoms with Crippen molar-refractivity contribution in [3.8, 4) is 0 Å². The molecule has 0 aliphatic heterocycles. The maximum Gasteiger partial charge on any atom is 0.320 e. The lowest BCUT2D eigenvalue weighted by atomic mass is 9.88. The molecule has 0 fully saturated rings. The Kier molecular flexibility index (Phi) is 5.57.